The van der Waals surface area contributed by atoms with E-state index in [4.69, 9.17) is 4.74 Å². The summed E-state index contributed by atoms with van der Waals surface area (Å²) < 4.78 is 8.94. The van der Waals surface area contributed by atoms with Crippen molar-refractivity contribution in [3.05, 3.63) is 77.9 Å². The molecule has 1 fully saturated rings. The number of fused-ring (bicyclic) bond motifs is 3. The van der Waals surface area contributed by atoms with E-state index in [9.17, 15) is 0 Å². The van der Waals surface area contributed by atoms with Gasteiger partial charge < -0.3 is 7.85 Å². The number of halogens is 1. The maximum Gasteiger partial charge on any atom is 0.0911 e. The van der Waals surface area contributed by atoms with Gasteiger partial charge in [-0.25, -0.2) is 0 Å². The van der Waals surface area contributed by atoms with Gasteiger partial charge in [-0.05, 0) is 30.5 Å². The summed E-state index contributed by atoms with van der Waals surface area (Å²) >= 11 is 2.47. The minimum atomic E-state index is 0.0199. The Morgan fingerprint density at radius 2 is 1.96 bits per heavy atom. The standard InChI is InChI=1S/C23H26INO/c1-4-17-10-5-7-13-20(17)25(24)16(2)18-11-9-15-23(3)19-12-6-8-14-21(19)26-22(18)23/h5-16,19,21-22H,4H2,1-3H3/t16?,19?,21?,22?,23-/m0/s1. The van der Waals surface area contributed by atoms with E-state index in [1.807, 2.05) is 0 Å². The average molecular weight is 459 g/mol. The molecule has 0 saturated carbocycles. The van der Waals surface area contributed by atoms with Crippen molar-refractivity contribution in [1.82, 2.24) is 0 Å². The number of rotatable bonds is 4. The highest BCUT2D eigenvalue weighted by molar-refractivity contribution is 14.1. The molecule has 3 aliphatic rings. The third-order valence-corrected chi connectivity index (χ3v) is 7.49. The van der Waals surface area contributed by atoms with Gasteiger partial charge in [0, 0.05) is 17.0 Å². The molecule has 3 heteroatoms. The molecule has 1 saturated heterocycles. The summed E-state index contributed by atoms with van der Waals surface area (Å²) in [5.41, 5.74) is 4.07. The Bertz CT molecular complexity index is 808. The van der Waals surface area contributed by atoms with E-state index in [2.05, 4.69) is 114 Å². The van der Waals surface area contributed by atoms with Crippen LogP contribution in [-0.2, 0) is 11.2 Å². The Labute approximate surface area is 170 Å². The number of para-hydroxylation sites is 1. The lowest BCUT2D eigenvalue weighted by atomic mass is 9.67. The second kappa shape index (κ2) is 7.01. The number of nitrogens with zero attached hydrogens (tertiary/aromatic N) is 1. The number of hydrogen-bond donors (Lipinski definition) is 0. The number of allylic oxidation sites excluding steroid dienone is 4. The van der Waals surface area contributed by atoms with Gasteiger partial charge in [0.05, 0.1) is 41.1 Å². The summed E-state index contributed by atoms with van der Waals surface area (Å²) in [5, 5.41) is 0. The molecule has 1 aliphatic heterocycles. The van der Waals surface area contributed by atoms with E-state index in [0.29, 0.717) is 5.92 Å². The summed E-state index contributed by atoms with van der Waals surface area (Å²) in [6.45, 7) is 6.86. The molecule has 0 radical (unpaired) electrons. The molecule has 0 aromatic heterocycles. The predicted octanol–water partition coefficient (Wildman–Crippen LogP) is 5.81. The molecule has 0 N–H and O–H groups in total. The van der Waals surface area contributed by atoms with Crippen LogP contribution >= 0.6 is 22.9 Å². The van der Waals surface area contributed by atoms with Crippen LogP contribution < -0.4 is 3.11 Å². The number of benzene rings is 1. The van der Waals surface area contributed by atoms with Crippen LogP contribution in [0.1, 0.15) is 26.3 Å². The number of ether oxygens (including phenoxy) is 1. The van der Waals surface area contributed by atoms with Crippen LogP contribution in [0.2, 0.25) is 0 Å². The smallest absolute Gasteiger partial charge is 0.0911 e. The molecule has 1 heterocycles. The van der Waals surface area contributed by atoms with Gasteiger partial charge in [0.2, 0.25) is 0 Å². The maximum absolute atomic E-state index is 6.56. The van der Waals surface area contributed by atoms with Gasteiger partial charge in [-0.15, -0.1) is 0 Å². The summed E-state index contributed by atoms with van der Waals surface area (Å²) in [7, 11) is 0. The zero-order valence-electron chi connectivity index (χ0n) is 15.6. The molecule has 0 spiro atoms. The first-order valence-electron chi connectivity index (χ1n) is 9.49. The highest BCUT2D eigenvalue weighted by atomic mass is 127. The largest absolute Gasteiger partial charge is 0.365 e. The normalized spacial score (nSPS) is 32.8. The Balaban J connectivity index is 1.65. The average Bonchev–Trinajstić information content (AvgIpc) is 2.99. The van der Waals surface area contributed by atoms with E-state index in [0.717, 1.165) is 6.42 Å². The Kier molecular flexibility index (Phi) is 4.86. The topological polar surface area (TPSA) is 12.5 Å². The van der Waals surface area contributed by atoms with Gasteiger partial charge in [0.25, 0.3) is 0 Å². The fraction of sp³-hybridized carbons (Fsp3) is 0.391. The fourth-order valence-corrected chi connectivity index (χ4v) is 5.35. The van der Waals surface area contributed by atoms with Crippen molar-refractivity contribution in [2.45, 2.75) is 45.4 Å². The van der Waals surface area contributed by atoms with E-state index in [-0.39, 0.29) is 23.7 Å². The first-order valence-corrected chi connectivity index (χ1v) is 10.5. The fourth-order valence-electron chi connectivity index (χ4n) is 4.56. The Hall–Kier alpha value is -1.33. The van der Waals surface area contributed by atoms with Gasteiger partial charge in [0.1, 0.15) is 0 Å². The van der Waals surface area contributed by atoms with Crippen molar-refractivity contribution in [3.63, 3.8) is 0 Å². The summed E-state index contributed by atoms with van der Waals surface area (Å²) in [6.07, 6.45) is 17.0. The molecule has 2 nitrogen and oxygen atoms in total. The maximum atomic E-state index is 6.56. The van der Waals surface area contributed by atoms with Gasteiger partial charge >= 0.3 is 0 Å². The van der Waals surface area contributed by atoms with Crippen LogP contribution in [0.25, 0.3) is 0 Å². The van der Waals surface area contributed by atoms with Crippen LogP contribution in [-0.4, -0.2) is 18.2 Å². The van der Waals surface area contributed by atoms with Crippen LogP contribution in [0.5, 0.6) is 0 Å². The quantitative estimate of drug-likeness (QED) is 0.417. The van der Waals surface area contributed by atoms with Crippen molar-refractivity contribution in [1.29, 1.82) is 0 Å². The van der Waals surface area contributed by atoms with Gasteiger partial charge in [0.15, 0.2) is 0 Å². The van der Waals surface area contributed by atoms with E-state index < -0.39 is 0 Å². The van der Waals surface area contributed by atoms with Crippen LogP contribution in [0.4, 0.5) is 5.69 Å². The third-order valence-electron chi connectivity index (χ3n) is 6.13. The van der Waals surface area contributed by atoms with E-state index in [1.54, 1.807) is 0 Å². The number of anilines is 1. The van der Waals surface area contributed by atoms with Crippen LogP contribution in [0.3, 0.4) is 0 Å². The Morgan fingerprint density at radius 3 is 2.77 bits per heavy atom. The molecule has 136 valence electrons. The number of aryl methyl sites for hydroxylation is 1. The lowest BCUT2D eigenvalue weighted by Crippen LogP contribution is -2.40. The minimum Gasteiger partial charge on any atom is -0.365 e. The van der Waals surface area contributed by atoms with Gasteiger partial charge in [-0.2, -0.15) is 0 Å². The molecule has 0 amide bonds. The van der Waals surface area contributed by atoms with Crippen molar-refractivity contribution in [2.24, 2.45) is 11.3 Å². The molecule has 1 aromatic carbocycles. The predicted molar refractivity (Wildman–Crippen MR) is 118 cm³/mol. The molecule has 5 atom stereocenters. The number of hydrogen-bond acceptors (Lipinski definition) is 2. The van der Waals surface area contributed by atoms with Crippen LogP contribution in [0, 0.1) is 11.3 Å². The van der Waals surface area contributed by atoms with Gasteiger partial charge in [-0.3, -0.25) is 0 Å². The summed E-state index contributed by atoms with van der Waals surface area (Å²) in [4.78, 5) is 0. The zero-order chi connectivity index (χ0) is 18.3. The highest BCUT2D eigenvalue weighted by Crippen LogP contribution is 2.52. The highest BCUT2D eigenvalue weighted by Gasteiger charge is 2.53. The molecule has 1 aromatic rings. The molecule has 4 unspecified atom stereocenters. The molecular formula is C23H26INO. The molecule has 0 bridgehead atoms. The van der Waals surface area contributed by atoms with Crippen LogP contribution in [0.15, 0.2) is 72.4 Å². The second-order valence-electron chi connectivity index (χ2n) is 7.64. The summed E-state index contributed by atoms with van der Waals surface area (Å²) in [6, 6.07) is 8.97. The first kappa shape index (κ1) is 18.1. The lowest BCUT2D eigenvalue weighted by molar-refractivity contribution is 0.0658. The van der Waals surface area contributed by atoms with E-state index in [1.165, 1.54) is 16.8 Å². The monoisotopic (exact) mass is 459 g/mol. The molecular weight excluding hydrogens is 433 g/mol. The van der Waals surface area contributed by atoms with Gasteiger partial charge in [-0.1, -0.05) is 74.6 Å². The SMILES string of the molecule is CCc1ccccc1N(I)C(C)C1=CC=C[C@]2(C)C1OC1C=CC=CC12. The van der Waals surface area contributed by atoms with E-state index >= 15 is 0 Å². The van der Waals surface area contributed by atoms with Crippen molar-refractivity contribution in [2.75, 3.05) is 3.11 Å². The zero-order valence-corrected chi connectivity index (χ0v) is 17.8. The minimum absolute atomic E-state index is 0.0199. The second-order valence-corrected chi connectivity index (χ2v) is 8.68. The lowest BCUT2D eigenvalue weighted by Gasteiger charge is -2.39. The van der Waals surface area contributed by atoms with Crippen molar-refractivity contribution < 1.29 is 4.74 Å². The van der Waals surface area contributed by atoms with Crippen molar-refractivity contribution >= 4 is 28.6 Å². The summed E-state index contributed by atoms with van der Waals surface area (Å²) in [5.74, 6) is 0.412. The first-order chi connectivity index (χ1) is 12.6. The van der Waals surface area contributed by atoms with Crippen molar-refractivity contribution in [3.8, 4) is 0 Å². The molecule has 26 heavy (non-hydrogen) atoms. The molecule has 2 aliphatic carbocycles. The molecule has 4 rings (SSSR count). The Morgan fingerprint density at radius 1 is 1.19 bits per heavy atom. The third kappa shape index (κ3) is 2.80.